The Balaban J connectivity index is 0.00000220. The van der Waals surface area contributed by atoms with Gasteiger partial charge in [0.1, 0.15) is 6.61 Å². The molecule has 1 unspecified atom stereocenters. The summed E-state index contributed by atoms with van der Waals surface area (Å²) in [6, 6.07) is 2.20. The van der Waals surface area contributed by atoms with Gasteiger partial charge in [-0.1, -0.05) is 6.07 Å². The molecule has 1 fully saturated rings. The van der Waals surface area contributed by atoms with Gasteiger partial charge >= 0.3 is 58.4 Å². The Morgan fingerprint density at radius 2 is 2.00 bits per heavy atom. The summed E-state index contributed by atoms with van der Waals surface area (Å²) < 4.78 is 62.1. The molecule has 1 atom stereocenters. The zero-order valence-corrected chi connectivity index (χ0v) is 15.5. The molecule has 0 amide bonds. The van der Waals surface area contributed by atoms with E-state index >= 15 is 0 Å². The summed E-state index contributed by atoms with van der Waals surface area (Å²) in [5.74, 6) is -1.18. The molecule has 0 aromatic heterocycles. The van der Waals surface area contributed by atoms with Crippen LogP contribution in [0.25, 0.3) is 0 Å². The normalized spacial score (nSPS) is 21.0. The Kier molecular flexibility index (Phi) is 6.77. The average molecular weight is 330 g/mol. The second-order valence-electron chi connectivity index (χ2n) is 5.61. The SMILES string of the molecule is CC1(C)CCC(COc2cc([B-](F)(F)F)ccc2F)O1.[K+]. The van der Waals surface area contributed by atoms with Crippen LogP contribution < -0.4 is 61.6 Å². The summed E-state index contributed by atoms with van der Waals surface area (Å²) in [7, 11) is 0. The molecule has 1 saturated heterocycles. The third kappa shape index (κ3) is 5.51. The van der Waals surface area contributed by atoms with Gasteiger partial charge in [-0.15, -0.1) is 5.46 Å². The molecule has 1 aromatic rings. The molecule has 1 aliphatic heterocycles. The Hall–Kier alpha value is 0.401. The predicted molar refractivity (Wildman–Crippen MR) is 68.8 cm³/mol. The van der Waals surface area contributed by atoms with Crippen molar-refractivity contribution in [2.75, 3.05) is 6.61 Å². The molecule has 0 aliphatic carbocycles. The van der Waals surface area contributed by atoms with Gasteiger partial charge in [0.25, 0.3) is 0 Å². The van der Waals surface area contributed by atoms with Gasteiger partial charge in [0.15, 0.2) is 11.6 Å². The van der Waals surface area contributed by atoms with E-state index < -0.39 is 18.3 Å². The van der Waals surface area contributed by atoms with E-state index in [2.05, 4.69) is 0 Å². The molecule has 2 nitrogen and oxygen atoms in total. The van der Waals surface area contributed by atoms with Crippen molar-refractivity contribution >= 4 is 12.4 Å². The van der Waals surface area contributed by atoms with Gasteiger partial charge in [0.2, 0.25) is 0 Å². The standard InChI is InChI=1S/C13H16BF4O2.K/c1-13(2)6-5-10(20-13)8-19-12-7-9(14(16,17)18)3-4-11(12)15;/h3-4,7,10H,5-6,8H2,1-2H3;/q-1;+1. The van der Waals surface area contributed by atoms with Gasteiger partial charge in [-0.3, -0.25) is 0 Å². The van der Waals surface area contributed by atoms with E-state index in [0.29, 0.717) is 6.07 Å². The van der Waals surface area contributed by atoms with Crippen molar-refractivity contribution in [3.05, 3.63) is 24.0 Å². The first-order valence-corrected chi connectivity index (χ1v) is 6.47. The number of hydrogen-bond donors (Lipinski definition) is 0. The quantitative estimate of drug-likeness (QED) is 0.581. The first-order chi connectivity index (χ1) is 9.17. The Morgan fingerprint density at radius 3 is 2.52 bits per heavy atom. The third-order valence-electron chi connectivity index (χ3n) is 3.31. The first-order valence-electron chi connectivity index (χ1n) is 6.47. The molecule has 1 aliphatic rings. The molecule has 2 rings (SSSR count). The zero-order valence-electron chi connectivity index (χ0n) is 12.3. The van der Waals surface area contributed by atoms with Crippen molar-refractivity contribution in [1.29, 1.82) is 0 Å². The van der Waals surface area contributed by atoms with Crippen LogP contribution in [0, 0.1) is 5.82 Å². The van der Waals surface area contributed by atoms with E-state index in [1.807, 2.05) is 13.8 Å². The van der Waals surface area contributed by atoms with E-state index in [0.717, 1.165) is 25.0 Å². The molecule has 1 aromatic carbocycles. The fourth-order valence-corrected chi connectivity index (χ4v) is 2.21. The third-order valence-corrected chi connectivity index (χ3v) is 3.31. The maximum absolute atomic E-state index is 13.5. The van der Waals surface area contributed by atoms with Crippen LogP contribution in [0.1, 0.15) is 26.7 Å². The zero-order chi connectivity index (χ0) is 15.0. The number of halogens is 4. The number of rotatable bonds is 4. The van der Waals surface area contributed by atoms with E-state index in [1.54, 1.807) is 0 Å². The van der Waals surface area contributed by atoms with Crippen molar-refractivity contribution < 1.29 is 78.2 Å². The Bertz CT molecular complexity index is 494. The summed E-state index contributed by atoms with van der Waals surface area (Å²) in [5, 5.41) is 0. The van der Waals surface area contributed by atoms with Crippen LogP contribution in [0.15, 0.2) is 18.2 Å². The minimum Gasteiger partial charge on any atom is -0.488 e. The molecule has 0 radical (unpaired) electrons. The van der Waals surface area contributed by atoms with E-state index in [-0.39, 0.29) is 75.4 Å². The topological polar surface area (TPSA) is 18.5 Å². The Morgan fingerprint density at radius 1 is 1.33 bits per heavy atom. The molecule has 0 bridgehead atoms. The molecular weight excluding hydrogens is 314 g/mol. The van der Waals surface area contributed by atoms with E-state index in [9.17, 15) is 17.3 Å². The van der Waals surface area contributed by atoms with Crippen LogP contribution in [-0.4, -0.2) is 25.3 Å². The fraction of sp³-hybridized carbons (Fsp3) is 0.538. The summed E-state index contributed by atoms with van der Waals surface area (Å²) in [4.78, 5) is 0. The number of hydrogen-bond acceptors (Lipinski definition) is 2. The van der Waals surface area contributed by atoms with Gasteiger partial charge in [-0.05, 0) is 38.8 Å². The van der Waals surface area contributed by atoms with Gasteiger partial charge < -0.3 is 22.4 Å². The minimum atomic E-state index is -5.16. The second kappa shape index (κ2) is 7.31. The molecule has 8 heteroatoms. The second-order valence-corrected chi connectivity index (χ2v) is 5.61. The summed E-state index contributed by atoms with van der Waals surface area (Å²) in [6.45, 7) is -1.25. The van der Waals surface area contributed by atoms with Gasteiger partial charge in [-0.25, -0.2) is 4.39 Å². The minimum absolute atomic E-state index is 0. The van der Waals surface area contributed by atoms with Crippen LogP contribution in [0.5, 0.6) is 5.75 Å². The number of benzene rings is 1. The van der Waals surface area contributed by atoms with Crippen LogP contribution in [-0.2, 0) is 4.74 Å². The largest absolute Gasteiger partial charge is 1.00 e. The molecule has 0 N–H and O–H groups in total. The average Bonchev–Trinajstić information content (AvgIpc) is 2.66. The van der Waals surface area contributed by atoms with Gasteiger partial charge in [0, 0.05) is 0 Å². The smallest absolute Gasteiger partial charge is 0.488 e. The van der Waals surface area contributed by atoms with Crippen molar-refractivity contribution in [3.63, 3.8) is 0 Å². The molecule has 0 saturated carbocycles. The monoisotopic (exact) mass is 330 g/mol. The summed E-state index contributed by atoms with van der Waals surface area (Å²) in [6.07, 6.45) is 1.37. The maximum Gasteiger partial charge on any atom is 1.00 e. The van der Waals surface area contributed by atoms with Crippen molar-refractivity contribution in [3.8, 4) is 5.75 Å². The molecule has 21 heavy (non-hydrogen) atoms. The van der Waals surface area contributed by atoms with E-state index in [1.165, 1.54) is 0 Å². The summed E-state index contributed by atoms with van der Waals surface area (Å²) in [5.41, 5.74) is -1.13. The van der Waals surface area contributed by atoms with Crippen molar-refractivity contribution in [2.45, 2.75) is 38.4 Å². The predicted octanol–water partition coefficient (Wildman–Crippen LogP) is 0.220. The molecule has 112 valence electrons. The van der Waals surface area contributed by atoms with Gasteiger partial charge in [-0.2, -0.15) is 0 Å². The fourth-order valence-electron chi connectivity index (χ4n) is 2.21. The maximum atomic E-state index is 13.5. The van der Waals surface area contributed by atoms with Crippen molar-refractivity contribution in [2.24, 2.45) is 0 Å². The Labute approximate surface area is 164 Å². The molecule has 1 heterocycles. The van der Waals surface area contributed by atoms with Crippen LogP contribution in [0.3, 0.4) is 0 Å². The van der Waals surface area contributed by atoms with Crippen molar-refractivity contribution in [1.82, 2.24) is 0 Å². The van der Waals surface area contributed by atoms with Gasteiger partial charge in [0.05, 0.1) is 11.7 Å². The molecular formula is C13H16BF4KO2. The van der Waals surface area contributed by atoms with Crippen LogP contribution >= 0.6 is 0 Å². The van der Waals surface area contributed by atoms with E-state index in [4.69, 9.17) is 9.47 Å². The first kappa shape index (κ1) is 19.4. The summed E-state index contributed by atoms with van der Waals surface area (Å²) >= 11 is 0. The molecule has 0 spiro atoms. The van der Waals surface area contributed by atoms with Crippen LogP contribution in [0.4, 0.5) is 17.3 Å². The number of ether oxygens (including phenoxy) is 2. The van der Waals surface area contributed by atoms with Crippen LogP contribution in [0.2, 0.25) is 0 Å².